The van der Waals surface area contributed by atoms with Gasteiger partial charge in [-0.25, -0.2) is 9.18 Å². The Morgan fingerprint density at radius 1 is 1.05 bits per heavy atom. The van der Waals surface area contributed by atoms with Crippen LogP contribution in [0.3, 0.4) is 0 Å². The molecule has 0 fully saturated rings. The first-order valence-electron chi connectivity index (χ1n) is 6.13. The monoisotopic (exact) mass is 341 g/mol. The Morgan fingerprint density at radius 2 is 1.68 bits per heavy atom. The summed E-state index contributed by atoms with van der Waals surface area (Å²) in [5, 5.41) is 3.02. The molecule has 0 saturated carbocycles. The lowest BCUT2D eigenvalue weighted by molar-refractivity contribution is -0.119. The number of ether oxygens (including phenoxy) is 1. The minimum absolute atomic E-state index is 0.0833. The molecule has 2 aromatic rings. The third kappa shape index (κ3) is 4.44. The van der Waals surface area contributed by atoms with E-state index in [0.29, 0.717) is 5.02 Å². The van der Waals surface area contributed by atoms with Crippen molar-refractivity contribution in [1.82, 2.24) is 0 Å². The van der Waals surface area contributed by atoms with Crippen molar-refractivity contribution >= 4 is 40.8 Å². The highest BCUT2D eigenvalue weighted by atomic mass is 35.5. The maximum atomic E-state index is 13.4. The summed E-state index contributed by atoms with van der Waals surface area (Å²) >= 11 is 11.4. The molecule has 0 bridgehead atoms. The Morgan fingerprint density at radius 3 is 2.36 bits per heavy atom. The van der Waals surface area contributed by atoms with Gasteiger partial charge < -0.3 is 10.1 Å². The Bertz CT molecular complexity index is 704. The molecular weight excluding hydrogens is 332 g/mol. The number of amides is 1. The van der Waals surface area contributed by atoms with Crippen molar-refractivity contribution in [3.63, 3.8) is 0 Å². The van der Waals surface area contributed by atoms with Crippen LogP contribution in [-0.2, 0) is 9.53 Å². The summed E-state index contributed by atoms with van der Waals surface area (Å²) in [4.78, 5) is 23.3. The van der Waals surface area contributed by atoms with Crippen LogP contribution in [0.4, 0.5) is 10.1 Å². The molecule has 0 heterocycles. The van der Waals surface area contributed by atoms with Crippen LogP contribution in [0.2, 0.25) is 10.0 Å². The van der Waals surface area contributed by atoms with E-state index in [2.05, 4.69) is 5.32 Å². The lowest BCUT2D eigenvalue weighted by Gasteiger charge is -2.08. The third-order valence-corrected chi connectivity index (χ3v) is 3.10. The van der Waals surface area contributed by atoms with Gasteiger partial charge in [0.15, 0.2) is 6.61 Å². The summed E-state index contributed by atoms with van der Waals surface area (Å²) in [6, 6.07) is 9.73. The van der Waals surface area contributed by atoms with Gasteiger partial charge in [0.25, 0.3) is 5.91 Å². The SMILES string of the molecule is O=C(COC(=O)c1ccc(Cl)cc1)Nc1cc(Cl)ccc1F. The van der Waals surface area contributed by atoms with Gasteiger partial charge in [-0.1, -0.05) is 23.2 Å². The van der Waals surface area contributed by atoms with Crippen LogP contribution < -0.4 is 5.32 Å². The standard InChI is InChI=1S/C15H10Cl2FNO3/c16-10-3-1-9(2-4-10)15(21)22-8-14(20)19-13-7-11(17)5-6-12(13)18/h1-7H,8H2,(H,19,20). The first kappa shape index (κ1) is 16.3. The summed E-state index contributed by atoms with van der Waals surface area (Å²) in [6.45, 7) is -0.548. The molecule has 114 valence electrons. The van der Waals surface area contributed by atoms with Gasteiger partial charge in [-0.2, -0.15) is 0 Å². The van der Waals surface area contributed by atoms with Crippen LogP contribution >= 0.6 is 23.2 Å². The fourth-order valence-corrected chi connectivity index (χ4v) is 1.88. The smallest absolute Gasteiger partial charge is 0.338 e. The lowest BCUT2D eigenvalue weighted by atomic mass is 10.2. The van der Waals surface area contributed by atoms with Gasteiger partial charge in [0.1, 0.15) is 5.82 Å². The summed E-state index contributed by atoms with van der Waals surface area (Å²) in [6.07, 6.45) is 0. The predicted molar refractivity (Wildman–Crippen MR) is 81.8 cm³/mol. The normalized spacial score (nSPS) is 10.1. The highest BCUT2D eigenvalue weighted by Crippen LogP contribution is 2.19. The molecule has 0 aliphatic heterocycles. The van der Waals surface area contributed by atoms with Crippen molar-refractivity contribution < 1.29 is 18.7 Å². The van der Waals surface area contributed by atoms with Gasteiger partial charge in [0.05, 0.1) is 11.3 Å². The summed E-state index contributed by atoms with van der Waals surface area (Å²) < 4.78 is 18.3. The first-order valence-corrected chi connectivity index (χ1v) is 6.89. The number of anilines is 1. The van der Waals surface area contributed by atoms with Crippen molar-refractivity contribution in [3.8, 4) is 0 Å². The fourth-order valence-electron chi connectivity index (χ4n) is 1.58. The van der Waals surface area contributed by atoms with Crippen molar-refractivity contribution in [2.75, 3.05) is 11.9 Å². The molecule has 7 heteroatoms. The summed E-state index contributed by atoms with van der Waals surface area (Å²) in [5.41, 5.74) is 0.172. The highest BCUT2D eigenvalue weighted by molar-refractivity contribution is 6.31. The topological polar surface area (TPSA) is 55.4 Å². The predicted octanol–water partition coefficient (Wildman–Crippen LogP) is 3.93. The molecule has 2 rings (SSSR count). The van der Waals surface area contributed by atoms with Gasteiger partial charge in [-0.15, -0.1) is 0 Å². The second kappa shape index (κ2) is 7.24. The number of rotatable bonds is 4. The number of esters is 1. The van der Waals surface area contributed by atoms with Crippen molar-refractivity contribution in [2.24, 2.45) is 0 Å². The van der Waals surface area contributed by atoms with E-state index in [4.69, 9.17) is 27.9 Å². The van der Waals surface area contributed by atoms with Gasteiger partial charge in [-0.3, -0.25) is 4.79 Å². The van der Waals surface area contributed by atoms with Crippen LogP contribution in [0, 0.1) is 5.82 Å². The molecule has 4 nitrogen and oxygen atoms in total. The van der Waals surface area contributed by atoms with E-state index in [9.17, 15) is 14.0 Å². The Labute approximate surface area is 135 Å². The quantitative estimate of drug-likeness (QED) is 0.857. The molecule has 0 radical (unpaired) electrons. The van der Waals surface area contributed by atoms with Gasteiger partial charge in [0, 0.05) is 10.0 Å². The number of hydrogen-bond donors (Lipinski definition) is 1. The molecule has 0 spiro atoms. The van der Waals surface area contributed by atoms with E-state index in [1.165, 1.54) is 36.4 Å². The van der Waals surface area contributed by atoms with Crippen LogP contribution in [-0.4, -0.2) is 18.5 Å². The zero-order chi connectivity index (χ0) is 16.1. The van der Waals surface area contributed by atoms with E-state index in [1.54, 1.807) is 0 Å². The minimum Gasteiger partial charge on any atom is -0.452 e. The van der Waals surface area contributed by atoms with E-state index >= 15 is 0 Å². The van der Waals surface area contributed by atoms with Gasteiger partial charge in [-0.05, 0) is 42.5 Å². The zero-order valence-corrected chi connectivity index (χ0v) is 12.6. The second-order valence-corrected chi connectivity index (χ2v) is 5.13. The molecular formula is C15H10Cl2FNO3. The number of carbonyl (C=O) groups excluding carboxylic acids is 2. The first-order chi connectivity index (χ1) is 10.5. The van der Waals surface area contributed by atoms with Crippen LogP contribution in [0.5, 0.6) is 0 Å². The van der Waals surface area contributed by atoms with E-state index in [-0.39, 0.29) is 16.3 Å². The van der Waals surface area contributed by atoms with Crippen molar-refractivity contribution in [2.45, 2.75) is 0 Å². The maximum absolute atomic E-state index is 13.4. The zero-order valence-electron chi connectivity index (χ0n) is 11.1. The average molecular weight is 342 g/mol. The molecule has 0 saturated heterocycles. The number of benzene rings is 2. The molecule has 0 atom stereocenters. The molecule has 2 aromatic carbocycles. The lowest BCUT2D eigenvalue weighted by Crippen LogP contribution is -2.21. The molecule has 0 unspecified atom stereocenters. The van der Waals surface area contributed by atoms with Crippen molar-refractivity contribution in [1.29, 1.82) is 0 Å². The molecule has 0 aliphatic rings. The van der Waals surface area contributed by atoms with Crippen LogP contribution in [0.15, 0.2) is 42.5 Å². The number of halogens is 3. The Kier molecular flexibility index (Phi) is 5.35. The fraction of sp³-hybridized carbons (Fsp3) is 0.0667. The second-order valence-electron chi connectivity index (χ2n) is 4.26. The molecule has 0 aromatic heterocycles. The summed E-state index contributed by atoms with van der Waals surface area (Å²) in [7, 11) is 0. The molecule has 1 amide bonds. The van der Waals surface area contributed by atoms with Gasteiger partial charge >= 0.3 is 5.97 Å². The number of carbonyl (C=O) groups is 2. The number of hydrogen-bond acceptors (Lipinski definition) is 3. The minimum atomic E-state index is -0.682. The Hall–Kier alpha value is -2.11. The number of nitrogens with one attached hydrogen (secondary N) is 1. The maximum Gasteiger partial charge on any atom is 0.338 e. The van der Waals surface area contributed by atoms with Crippen molar-refractivity contribution in [3.05, 3.63) is 63.9 Å². The molecule has 0 aliphatic carbocycles. The largest absolute Gasteiger partial charge is 0.452 e. The molecule has 22 heavy (non-hydrogen) atoms. The summed E-state index contributed by atoms with van der Waals surface area (Å²) in [5.74, 6) is -2.00. The van der Waals surface area contributed by atoms with E-state index in [1.807, 2.05) is 0 Å². The van der Waals surface area contributed by atoms with Crippen LogP contribution in [0.25, 0.3) is 0 Å². The Balaban J connectivity index is 1.91. The molecule has 1 N–H and O–H groups in total. The van der Waals surface area contributed by atoms with E-state index < -0.39 is 24.3 Å². The average Bonchev–Trinajstić information content (AvgIpc) is 2.49. The van der Waals surface area contributed by atoms with E-state index in [0.717, 1.165) is 6.07 Å². The highest BCUT2D eigenvalue weighted by Gasteiger charge is 2.12. The third-order valence-electron chi connectivity index (χ3n) is 2.62. The van der Waals surface area contributed by atoms with Crippen LogP contribution in [0.1, 0.15) is 10.4 Å². The van der Waals surface area contributed by atoms with Gasteiger partial charge in [0.2, 0.25) is 0 Å².